The molecule has 2 aromatic heterocycles. The number of hydrogen-bond donors (Lipinski definition) is 1. The largest absolute Gasteiger partial charge is 0.376 e. The standard InChI is InChI=1S/C19H24N6O/c1-4-15-14(7-6-8-21-15)16(5-2)24-9-11-25(12-10-24)17-13-22-23-19(26)18(17)20-3/h6-8,13,16H,4-5,9-12H2,1-2H3,(H,23,26)/t16-/m0/s1. The first kappa shape index (κ1) is 18.1. The lowest BCUT2D eigenvalue weighted by Gasteiger charge is -2.40. The van der Waals surface area contributed by atoms with E-state index in [0.717, 1.165) is 44.7 Å². The molecule has 26 heavy (non-hydrogen) atoms. The van der Waals surface area contributed by atoms with Gasteiger partial charge >= 0.3 is 0 Å². The molecule has 3 rings (SSSR count). The van der Waals surface area contributed by atoms with Crippen LogP contribution in [-0.2, 0) is 6.42 Å². The van der Waals surface area contributed by atoms with Gasteiger partial charge in [-0.1, -0.05) is 19.9 Å². The van der Waals surface area contributed by atoms with E-state index in [1.54, 1.807) is 6.20 Å². The van der Waals surface area contributed by atoms with Gasteiger partial charge in [0.05, 0.1) is 18.5 Å². The summed E-state index contributed by atoms with van der Waals surface area (Å²) in [5.74, 6) is 0. The predicted octanol–water partition coefficient (Wildman–Crippen LogP) is 2.55. The maximum Gasteiger partial charge on any atom is 0.275 e. The molecule has 0 unspecified atom stereocenters. The molecule has 0 aliphatic carbocycles. The average molecular weight is 352 g/mol. The number of aryl methyl sites for hydroxylation is 1. The summed E-state index contributed by atoms with van der Waals surface area (Å²) in [7, 11) is 0. The molecule has 0 aromatic carbocycles. The summed E-state index contributed by atoms with van der Waals surface area (Å²) in [6.45, 7) is 14.9. The second-order valence-electron chi connectivity index (χ2n) is 6.38. The number of aromatic amines is 1. The van der Waals surface area contributed by atoms with Crippen LogP contribution in [-0.4, -0.2) is 46.3 Å². The van der Waals surface area contributed by atoms with Gasteiger partial charge in [-0.05, 0) is 24.5 Å². The number of anilines is 1. The Hall–Kier alpha value is -2.72. The second kappa shape index (κ2) is 8.11. The van der Waals surface area contributed by atoms with E-state index in [0.29, 0.717) is 11.7 Å². The van der Waals surface area contributed by atoms with Gasteiger partial charge in [-0.25, -0.2) is 4.85 Å². The van der Waals surface area contributed by atoms with Crippen molar-refractivity contribution in [2.75, 3.05) is 31.1 Å². The van der Waals surface area contributed by atoms with Gasteiger partial charge in [0.15, 0.2) is 0 Å². The number of piperazine rings is 1. The number of H-pyrrole nitrogens is 1. The third kappa shape index (κ3) is 3.46. The molecule has 1 aliphatic rings. The molecule has 1 saturated heterocycles. The van der Waals surface area contributed by atoms with Gasteiger partial charge in [0, 0.05) is 44.1 Å². The van der Waals surface area contributed by atoms with Crippen molar-refractivity contribution in [1.82, 2.24) is 20.1 Å². The summed E-state index contributed by atoms with van der Waals surface area (Å²) in [6.07, 6.45) is 5.40. The Morgan fingerprint density at radius 2 is 2.08 bits per heavy atom. The molecular formula is C19H24N6O. The Kier molecular flexibility index (Phi) is 5.64. The van der Waals surface area contributed by atoms with Crippen LogP contribution in [0.5, 0.6) is 0 Å². The highest BCUT2D eigenvalue weighted by molar-refractivity contribution is 5.68. The summed E-state index contributed by atoms with van der Waals surface area (Å²) in [5.41, 5.74) is 2.81. The van der Waals surface area contributed by atoms with Gasteiger partial charge in [0.1, 0.15) is 0 Å². The predicted molar refractivity (Wildman–Crippen MR) is 102 cm³/mol. The first-order chi connectivity index (χ1) is 12.7. The number of pyridine rings is 1. The molecule has 1 N–H and O–H groups in total. The van der Waals surface area contributed by atoms with Crippen molar-refractivity contribution < 1.29 is 0 Å². The minimum Gasteiger partial charge on any atom is -0.376 e. The zero-order chi connectivity index (χ0) is 18.5. The first-order valence-electron chi connectivity index (χ1n) is 9.07. The lowest BCUT2D eigenvalue weighted by atomic mass is 9.99. The summed E-state index contributed by atoms with van der Waals surface area (Å²) >= 11 is 0. The average Bonchev–Trinajstić information content (AvgIpc) is 2.69. The number of nitrogens with zero attached hydrogens (tertiary/aromatic N) is 5. The molecule has 0 bridgehead atoms. The maximum absolute atomic E-state index is 11.8. The Morgan fingerprint density at radius 1 is 1.31 bits per heavy atom. The summed E-state index contributed by atoms with van der Waals surface area (Å²) in [5, 5.41) is 6.20. The smallest absolute Gasteiger partial charge is 0.275 e. The Bertz CT molecular complexity index is 848. The van der Waals surface area contributed by atoms with E-state index < -0.39 is 5.56 Å². The summed E-state index contributed by atoms with van der Waals surface area (Å²) in [6, 6.07) is 4.54. The highest BCUT2D eigenvalue weighted by atomic mass is 16.1. The molecule has 1 atom stereocenters. The Labute approximate surface area is 153 Å². The number of hydrogen-bond acceptors (Lipinski definition) is 5. The summed E-state index contributed by atoms with van der Waals surface area (Å²) in [4.78, 5) is 24.3. The highest BCUT2D eigenvalue weighted by Crippen LogP contribution is 2.30. The minimum atomic E-state index is -0.422. The Morgan fingerprint density at radius 3 is 2.73 bits per heavy atom. The van der Waals surface area contributed by atoms with Crippen molar-refractivity contribution in [2.24, 2.45) is 0 Å². The number of rotatable bonds is 5. The van der Waals surface area contributed by atoms with Gasteiger partial charge in [0.25, 0.3) is 11.2 Å². The van der Waals surface area contributed by atoms with E-state index in [1.807, 2.05) is 12.3 Å². The van der Waals surface area contributed by atoms with E-state index >= 15 is 0 Å². The minimum absolute atomic E-state index is 0.126. The van der Waals surface area contributed by atoms with Crippen molar-refractivity contribution in [3.63, 3.8) is 0 Å². The number of aromatic nitrogens is 3. The molecule has 0 saturated carbocycles. The summed E-state index contributed by atoms with van der Waals surface area (Å²) < 4.78 is 0. The van der Waals surface area contributed by atoms with Crippen LogP contribution < -0.4 is 10.5 Å². The zero-order valence-corrected chi connectivity index (χ0v) is 15.3. The monoisotopic (exact) mass is 352 g/mol. The third-order valence-corrected chi connectivity index (χ3v) is 5.02. The molecule has 136 valence electrons. The molecule has 0 amide bonds. The molecule has 3 heterocycles. The van der Waals surface area contributed by atoms with Crippen molar-refractivity contribution in [3.8, 4) is 0 Å². The van der Waals surface area contributed by atoms with Crippen LogP contribution in [0, 0.1) is 6.57 Å². The second-order valence-corrected chi connectivity index (χ2v) is 6.38. The SMILES string of the molecule is [C-]#[N+]c1c(N2CCN([C@@H](CC)c3cccnc3CC)CC2)cn[nH]c1=O. The van der Waals surface area contributed by atoms with E-state index in [4.69, 9.17) is 6.57 Å². The van der Waals surface area contributed by atoms with E-state index in [-0.39, 0.29) is 5.69 Å². The first-order valence-corrected chi connectivity index (χ1v) is 9.07. The lowest BCUT2D eigenvalue weighted by Crippen LogP contribution is -2.48. The van der Waals surface area contributed by atoms with Crippen LogP contribution in [0.25, 0.3) is 4.85 Å². The van der Waals surface area contributed by atoms with Gasteiger partial charge in [-0.15, -0.1) is 0 Å². The van der Waals surface area contributed by atoms with Crippen LogP contribution in [0.2, 0.25) is 0 Å². The van der Waals surface area contributed by atoms with Gasteiger partial charge in [-0.3, -0.25) is 19.8 Å². The normalized spacial score (nSPS) is 16.3. The van der Waals surface area contributed by atoms with Gasteiger partial charge in [-0.2, -0.15) is 5.10 Å². The van der Waals surface area contributed by atoms with Crippen molar-refractivity contribution in [1.29, 1.82) is 0 Å². The quantitative estimate of drug-likeness (QED) is 0.838. The zero-order valence-electron chi connectivity index (χ0n) is 15.3. The van der Waals surface area contributed by atoms with E-state index in [9.17, 15) is 4.79 Å². The molecule has 1 fully saturated rings. The highest BCUT2D eigenvalue weighted by Gasteiger charge is 2.27. The fourth-order valence-electron chi connectivity index (χ4n) is 3.72. The van der Waals surface area contributed by atoms with Crippen LogP contribution in [0.1, 0.15) is 37.6 Å². The topological polar surface area (TPSA) is 69.5 Å². The fourth-order valence-corrected chi connectivity index (χ4v) is 3.72. The molecular weight excluding hydrogens is 328 g/mol. The van der Waals surface area contributed by atoms with Crippen molar-refractivity contribution in [2.45, 2.75) is 32.7 Å². The molecule has 1 aliphatic heterocycles. The van der Waals surface area contributed by atoms with E-state index in [1.165, 1.54) is 5.56 Å². The van der Waals surface area contributed by atoms with Crippen LogP contribution in [0.3, 0.4) is 0 Å². The molecule has 0 radical (unpaired) electrons. The lowest BCUT2D eigenvalue weighted by molar-refractivity contribution is 0.180. The number of nitrogens with one attached hydrogen (secondary N) is 1. The van der Waals surface area contributed by atoms with Crippen molar-refractivity contribution >= 4 is 11.4 Å². The van der Waals surface area contributed by atoms with E-state index in [2.05, 4.69) is 49.7 Å². The van der Waals surface area contributed by atoms with Gasteiger partial charge in [0.2, 0.25) is 0 Å². The fraction of sp³-hybridized carbons (Fsp3) is 0.474. The molecule has 7 nitrogen and oxygen atoms in total. The van der Waals surface area contributed by atoms with Crippen molar-refractivity contribution in [3.05, 3.63) is 57.6 Å². The molecule has 2 aromatic rings. The van der Waals surface area contributed by atoms with Gasteiger partial charge < -0.3 is 4.90 Å². The van der Waals surface area contributed by atoms with Crippen LogP contribution >= 0.6 is 0 Å². The van der Waals surface area contributed by atoms with Crippen LogP contribution in [0.4, 0.5) is 11.4 Å². The third-order valence-electron chi connectivity index (χ3n) is 5.02. The molecule has 0 spiro atoms. The maximum atomic E-state index is 11.8. The Balaban J connectivity index is 1.77. The molecule has 7 heteroatoms. The van der Waals surface area contributed by atoms with Crippen LogP contribution in [0.15, 0.2) is 29.3 Å².